The van der Waals surface area contributed by atoms with E-state index in [1.54, 1.807) is 6.92 Å². The molecule has 5 heteroatoms. The van der Waals surface area contributed by atoms with E-state index in [1.807, 2.05) is 6.92 Å². The molecule has 0 aliphatic rings. The van der Waals surface area contributed by atoms with Crippen LogP contribution in [0.15, 0.2) is 6.20 Å². The van der Waals surface area contributed by atoms with E-state index >= 15 is 0 Å². The molecule has 0 saturated carbocycles. The Morgan fingerprint density at radius 3 is 2.76 bits per heavy atom. The molecule has 0 saturated heterocycles. The topological polar surface area (TPSA) is 64.5 Å². The van der Waals surface area contributed by atoms with E-state index in [4.69, 9.17) is 9.47 Å². The van der Waals surface area contributed by atoms with Gasteiger partial charge < -0.3 is 14.6 Å². The fourth-order valence-corrected chi connectivity index (χ4v) is 1.38. The standard InChI is InChI=1S/C12H20N2O3/c1-4-6-7-11-13-8-10(12(15)14-11)17-9(3)16-5-2/h8-9H,4-7H2,1-3H3,(H,13,14,15). The summed E-state index contributed by atoms with van der Waals surface area (Å²) in [6, 6.07) is 0. The SMILES string of the molecule is CCCCc1ncc(OC(C)OCC)c(O)n1. The van der Waals surface area contributed by atoms with Crippen molar-refractivity contribution in [3.63, 3.8) is 0 Å². The summed E-state index contributed by atoms with van der Waals surface area (Å²) < 4.78 is 10.6. The van der Waals surface area contributed by atoms with Gasteiger partial charge in [0.2, 0.25) is 5.75 Å². The predicted octanol–water partition coefficient (Wildman–Crippen LogP) is 2.29. The second-order valence-corrected chi connectivity index (χ2v) is 3.72. The van der Waals surface area contributed by atoms with Crippen molar-refractivity contribution in [1.29, 1.82) is 0 Å². The average molecular weight is 240 g/mol. The Morgan fingerprint density at radius 2 is 2.18 bits per heavy atom. The lowest BCUT2D eigenvalue weighted by atomic mass is 10.2. The Morgan fingerprint density at radius 1 is 1.41 bits per heavy atom. The third kappa shape index (κ3) is 4.56. The van der Waals surface area contributed by atoms with E-state index in [2.05, 4.69) is 16.9 Å². The van der Waals surface area contributed by atoms with Gasteiger partial charge in [0.25, 0.3) is 5.88 Å². The van der Waals surface area contributed by atoms with E-state index in [1.165, 1.54) is 6.20 Å². The normalized spacial score (nSPS) is 12.4. The minimum atomic E-state index is -0.420. The first-order chi connectivity index (χ1) is 8.17. The van der Waals surface area contributed by atoms with Crippen molar-refractivity contribution >= 4 is 0 Å². The molecule has 0 spiro atoms. The molecular weight excluding hydrogens is 220 g/mol. The van der Waals surface area contributed by atoms with Gasteiger partial charge in [-0.15, -0.1) is 0 Å². The fourth-order valence-electron chi connectivity index (χ4n) is 1.38. The first kappa shape index (κ1) is 13.7. The van der Waals surface area contributed by atoms with E-state index in [0.29, 0.717) is 12.4 Å². The maximum atomic E-state index is 9.68. The van der Waals surface area contributed by atoms with E-state index in [9.17, 15) is 5.11 Å². The Kier molecular flexibility index (Phi) is 5.69. The van der Waals surface area contributed by atoms with Crippen LogP contribution in [0.25, 0.3) is 0 Å². The highest BCUT2D eigenvalue weighted by Gasteiger charge is 2.10. The molecule has 0 aliphatic heterocycles. The Bertz CT molecular complexity index is 345. The zero-order chi connectivity index (χ0) is 12.7. The lowest BCUT2D eigenvalue weighted by molar-refractivity contribution is -0.0628. The highest BCUT2D eigenvalue weighted by atomic mass is 16.7. The van der Waals surface area contributed by atoms with Gasteiger partial charge in [0.15, 0.2) is 6.29 Å². The van der Waals surface area contributed by atoms with Gasteiger partial charge in [0.1, 0.15) is 5.82 Å². The smallest absolute Gasteiger partial charge is 0.258 e. The summed E-state index contributed by atoms with van der Waals surface area (Å²) >= 11 is 0. The van der Waals surface area contributed by atoms with Gasteiger partial charge in [0, 0.05) is 13.0 Å². The van der Waals surface area contributed by atoms with Crippen LogP contribution in [0.4, 0.5) is 0 Å². The summed E-state index contributed by atoms with van der Waals surface area (Å²) in [5.74, 6) is 0.768. The van der Waals surface area contributed by atoms with Crippen LogP contribution in [0.3, 0.4) is 0 Å². The van der Waals surface area contributed by atoms with Gasteiger partial charge in [-0.25, -0.2) is 4.98 Å². The largest absolute Gasteiger partial charge is 0.491 e. The second kappa shape index (κ2) is 7.06. The maximum absolute atomic E-state index is 9.68. The first-order valence-corrected chi connectivity index (χ1v) is 6.00. The van der Waals surface area contributed by atoms with Crippen LogP contribution >= 0.6 is 0 Å². The molecule has 0 aromatic carbocycles. The van der Waals surface area contributed by atoms with Gasteiger partial charge in [-0.2, -0.15) is 4.98 Å². The van der Waals surface area contributed by atoms with Crippen molar-refractivity contribution in [2.24, 2.45) is 0 Å². The molecule has 1 aromatic heterocycles. The molecule has 1 N–H and O–H groups in total. The molecule has 96 valence electrons. The van der Waals surface area contributed by atoms with Crippen molar-refractivity contribution in [1.82, 2.24) is 9.97 Å². The summed E-state index contributed by atoms with van der Waals surface area (Å²) in [6.07, 6.45) is 3.92. The first-order valence-electron chi connectivity index (χ1n) is 6.00. The fraction of sp³-hybridized carbons (Fsp3) is 0.667. The molecule has 0 bridgehead atoms. The van der Waals surface area contributed by atoms with Crippen LogP contribution < -0.4 is 4.74 Å². The highest BCUT2D eigenvalue weighted by Crippen LogP contribution is 2.23. The number of nitrogens with zero attached hydrogens (tertiary/aromatic N) is 2. The third-order valence-corrected chi connectivity index (χ3v) is 2.23. The van der Waals surface area contributed by atoms with Gasteiger partial charge in [-0.1, -0.05) is 13.3 Å². The third-order valence-electron chi connectivity index (χ3n) is 2.23. The van der Waals surface area contributed by atoms with Gasteiger partial charge in [0.05, 0.1) is 6.20 Å². The van der Waals surface area contributed by atoms with Gasteiger partial charge in [-0.3, -0.25) is 0 Å². The van der Waals surface area contributed by atoms with Crippen LogP contribution in [0.1, 0.15) is 39.4 Å². The van der Waals surface area contributed by atoms with Gasteiger partial charge in [-0.05, 0) is 20.3 Å². The number of aromatic hydroxyl groups is 1. The minimum absolute atomic E-state index is 0.127. The molecule has 1 atom stereocenters. The number of hydrogen-bond acceptors (Lipinski definition) is 5. The quantitative estimate of drug-likeness (QED) is 0.741. The molecule has 5 nitrogen and oxygen atoms in total. The molecule has 1 aromatic rings. The van der Waals surface area contributed by atoms with Crippen molar-refractivity contribution < 1.29 is 14.6 Å². The second-order valence-electron chi connectivity index (χ2n) is 3.72. The molecular formula is C12H20N2O3. The Labute approximate surface area is 102 Å². The zero-order valence-electron chi connectivity index (χ0n) is 10.6. The predicted molar refractivity (Wildman–Crippen MR) is 64.0 cm³/mol. The van der Waals surface area contributed by atoms with Crippen LogP contribution in [0, 0.1) is 0 Å². The number of rotatable bonds is 7. The maximum Gasteiger partial charge on any atom is 0.258 e. The molecule has 1 unspecified atom stereocenters. The lowest BCUT2D eigenvalue weighted by Gasteiger charge is -2.14. The number of aryl methyl sites for hydroxylation is 1. The Balaban J connectivity index is 2.62. The molecule has 0 aliphatic carbocycles. The number of hydrogen-bond donors (Lipinski definition) is 1. The van der Waals surface area contributed by atoms with Crippen LogP contribution in [0.2, 0.25) is 0 Å². The highest BCUT2D eigenvalue weighted by molar-refractivity contribution is 5.29. The van der Waals surface area contributed by atoms with Crippen molar-refractivity contribution in [2.75, 3.05) is 6.61 Å². The lowest BCUT2D eigenvalue weighted by Crippen LogP contribution is -2.16. The molecule has 1 rings (SSSR count). The number of unbranched alkanes of at least 4 members (excludes halogenated alkanes) is 1. The van der Waals surface area contributed by atoms with Crippen molar-refractivity contribution in [3.8, 4) is 11.6 Å². The number of aromatic nitrogens is 2. The minimum Gasteiger partial charge on any atom is -0.491 e. The summed E-state index contributed by atoms with van der Waals surface area (Å²) in [5, 5.41) is 9.68. The molecule has 0 amide bonds. The summed E-state index contributed by atoms with van der Waals surface area (Å²) in [5.41, 5.74) is 0. The van der Waals surface area contributed by atoms with Crippen molar-refractivity contribution in [3.05, 3.63) is 12.0 Å². The van der Waals surface area contributed by atoms with Gasteiger partial charge >= 0.3 is 0 Å². The van der Waals surface area contributed by atoms with Crippen molar-refractivity contribution in [2.45, 2.75) is 46.3 Å². The molecule has 17 heavy (non-hydrogen) atoms. The summed E-state index contributed by atoms with van der Waals surface area (Å²) in [7, 11) is 0. The molecule has 0 radical (unpaired) electrons. The van der Waals surface area contributed by atoms with E-state index < -0.39 is 6.29 Å². The van der Waals surface area contributed by atoms with E-state index in [0.717, 1.165) is 19.3 Å². The molecule has 0 fully saturated rings. The van der Waals surface area contributed by atoms with Crippen LogP contribution in [-0.4, -0.2) is 28.0 Å². The van der Waals surface area contributed by atoms with Crippen LogP contribution in [-0.2, 0) is 11.2 Å². The van der Waals surface area contributed by atoms with Crippen LogP contribution in [0.5, 0.6) is 11.6 Å². The zero-order valence-corrected chi connectivity index (χ0v) is 10.6. The monoisotopic (exact) mass is 240 g/mol. The molecule has 1 heterocycles. The average Bonchev–Trinajstić information content (AvgIpc) is 2.30. The summed E-state index contributed by atoms with van der Waals surface area (Å²) in [6.45, 7) is 6.29. The Hall–Kier alpha value is -1.36. The van der Waals surface area contributed by atoms with E-state index in [-0.39, 0.29) is 11.6 Å². The summed E-state index contributed by atoms with van der Waals surface area (Å²) in [4.78, 5) is 8.13. The number of ether oxygens (including phenoxy) is 2.